The Bertz CT molecular complexity index is 1010. The smallest absolute Gasteiger partial charge is 0.342 e. The van der Waals surface area contributed by atoms with Gasteiger partial charge in [0.15, 0.2) is 5.65 Å². The van der Waals surface area contributed by atoms with E-state index in [0.717, 1.165) is 5.69 Å². The van der Waals surface area contributed by atoms with Crippen LogP contribution in [0.2, 0.25) is 5.02 Å². The molecule has 1 aromatic carbocycles. The molecule has 0 aliphatic rings. The number of esters is 1. The summed E-state index contributed by atoms with van der Waals surface area (Å²) in [4.78, 5) is 21.4. The Labute approximate surface area is 162 Å². The quantitative estimate of drug-likeness (QED) is 0.629. The van der Waals surface area contributed by atoms with Crippen LogP contribution in [0.25, 0.3) is 11.0 Å². The molecule has 140 valence electrons. The first-order valence-electron chi connectivity index (χ1n) is 8.47. The normalized spacial score (nSPS) is 10.9. The van der Waals surface area contributed by atoms with Crippen LogP contribution in [0.4, 0.5) is 11.4 Å². The molecule has 0 saturated carbocycles. The molecular weight excluding hydrogens is 366 g/mol. The maximum Gasteiger partial charge on any atom is 0.342 e. The van der Waals surface area contributed by atoms with Crippen LogP contribution in [0.15, 0.2) is 36.5 Å². The van der Waals surface area contributed by atoms with Gasteiger partial charge in [-0.25, -0.2) is 14.8 Å². The molecule has 3 rings (SSSR count). The van der Waals surface area contributed by atoms with E-state index in [0.29, 0.717) is 38.7 Å². The summed E-state index contributed by atoms with van der Waals surface area (Å²) in [5.41, 5.74) is 2.83. The minimum absolute atomic E-state index is 0.252. The molecule has 27 heavy (non-hydrogen) atoms. The van der Waals surface area contributed by atoms with Gasteiger partial charge in [0, 0.05) is 22.3 Å². The van der Waals surface area contributed by atoms with Gasteiger partial charge in [-0.2, -0.15) is 0 Å². The summed E-state index contributed by atoms with van der Waals surface area (Å²) >= 11 is 6.14. The van der Waals surface area contributed by atoms with Crippen molar-refractivity contribution < 1.29 is 14.3 Å². The summed E-state index contributed by atoms with van der Waals surface area (Å²) in [6, 6.07) is 8.95. The largest absolute Gasteiger partial charge is 0.495 e. The number of hydrogen-bond donors (Lipinski definition) is 1. The number of pyridine rings is 2. The van der Waals surface area contributed by atoms with Gasteiger partial charge >= 0.3 is 5.97 Å². The minimum atomic E-state index is -0.469. The van der Waals surface area contributed by atoms with E-state index in [1.807, 2.05) is 19.1 Å². The SMILES string of the molecule is COc1ccc(Cl)cc1Nc1c(C(=O)OC(C)C)cnc2nc(C)ccc12. The van der Waals surface area contributed by atoms with Gasteiger partial charge in [-0.15, -0.1) is 0 Å². The van der Waals surface area contributed by atoms with Gasteiger partial charge in [-0.3, -0.25) is 0 Å². The number of carbonyl (C=O) groups is 1. The van der Waals surface area contributed by atoms with E-state index < -0.39 is 5.97 Å². The minimum Gasteiger partial charge on any atom is -0.495 e. The predicted octanol–water partition coefficient (Wildman–Crippen LogP) is 4.91. The number of nitrogens with one attached hydrogen (secondary N) is 1. The van der Waals surface area contributed by atoms with Crippen molar-refractivity contribution in [1.29, 1.82) is 0 Å². The fourth-order valence-electron chi connectivity index (χ4n) is 2.65. The first kappa shape index (κ1) is 18.9. The van der Waals surface area contributed by atoms with Crippen LogP contribution < -0.4 is 10.1 Å². The second-order valence-electron chi connectivity index (χ2n) is 6.29. The van der Waals surface area contributed by atoms with Gasteiger partial charge in [0.2, 0.25) is 0 Å². The zero-order chi connectivity index (χ0) is 19.6. The van der Waals surface area contributed by atoms with Crippen molar-refractivity contribution in [3.05, 3.63) is 52.8 Å². The lowest BCUT2D eigenvalue weighted by Crippen LogP contribution is -2.14. The van der Waals surface area contributed by atoms with Crippen LogP contribution in [-0.2, 0) is 4.74 Å². The molecule has 0 aliphatic carbocycles. The standard InChI is InChI=1S/C20H20ClN3O3/c1-11(2)27-20(25)15-10-22-19-14(7-5-12(3)23-19)18(15)24-16-9-13(21)6-8-17(16)26-4/h5-11H,1-4H3,(H,22,23,24). The van der Waals surface area contributed by atoms with Gasteiger partial charge in [-0.1, -0.05) is 11.6 Å². The van der Waals surface area contributed by atoms with Crippen LogP contribution >= 0.6 is 11.6 Å². The van der Waals surface area contributed by atoms with Crippen molar-refractivity contribution >= 4 is 40.0 Å². The molecule has 2 aromatic heterocycles. The van der Waals surface area contributed by atoms with Crippen molar-refractivity contribution in [2.45, 2.75) is 26.9 Å². The van der Waals surface area contributed by atoms with Crippen LogP contribution in [0, 0.1) is 6.92 Å². The highest BCUT2D eigenvalue weighted by atomic mass is 35.5. The molecule has 0 atom stereocenters. The number of aromatic nitrogens is 2. The average Bonchev–Trinajstić information content (AvgIpc) is 2.61. The van der Waals surface area contributed by atoms with Gasteiger partial charge in [0.1, 0.15) is 11.3 Å². The number of anilines is 2. The van der Waals surface area contributed by atoms with E-state index in [1.165, 1.54) is 6.20 Å². The number of methoxy groups -OCH3 is 1. The Morgan fingerprint density at radius 1 is 1.22 bits per heavy atom. The summed E-state index contributed by atoms with van der Waals surface area (Å²) in [6.07, 6.45) is 1.22. The number of carbonyl (C=O) groups excluding carboxylic acids is 1. The lowest BCUT2D eigenvalue weighted by molar-refractivity contribution is 0.0379. The third kappa shape index (κ3) is 4.11. The second kappa shape index (κ2) is 7.80. The summed E-state index contributed by atoms with van der Waals surface area (Å²) in [7, 11) is 1.57. The van der Waals surface area contributed by atoms with Gasteiger partial charge in [0.25, 0.3) is 0 Å². The zero-order valence-corrected chi connectivity index (χ0v) is 16.3. The topological polar surface area (TPSA) is 73.3 Å². The van der Waals surface area contributed by atoms with Crippen LogP contribution in [-0.4, -0.2) is 29.2 Å². The molecule has 0 saturated heterocycles. The number of aryl methyl sites for hydroxylation is 1. The van der Waals surface area contributed by atoms with E-state index in [9.17, 15) is 4.79 Å². The third-order valence-electron chi connectivity index (χ3n) is 3.85. The molecule has 6 nitrogen and oxygen atoms in total. The maximum absolute atomic E-state index is 12.6. The Hall–Kier alpha value is -2.86. The Balaban J connectivity index is 2.18. The number of fused-ring (bicyclic) bond motifs is 1. The first-order valence-corrected chi connectivity index (χ1v) is 8.84. The molecule has 3 aromatic rings. The number of halogens is 1. The van der Waals surface area contributed by atoms with Crippen molar-refractivity contribution in [3.63, 3.8) is 0 Å². The Morgan fingerprint density at radius 2 is 2.00 bits per heavy atom. The first-order chi connectivity index (χ1) is 12.9. The molecule has 0 aliphatic heterocycles. The van der Waals surface area contributed by atoms with Gasteiger partial charge in [0.05, 0.1) is 24.6 Å². The highest BCUT2D eigenvalue weighted by Crippen LogP contribution is 2.35. The van der Waals surface area contributed by atoms with Crippen LogP contribution in [0.5, 0.6) is 5.75 Å². The molecule has 1 N–H and O–H groups in total. The van der Waals surface area contributed by atoms with E-state index in [-0.39, 0.29) is 6.10 Å². The molecule has 7 heteroatoms. The van der Waals surface area contributed by atoms with E-state index in [2.05, 4.69) is 15.3 Å². The third-order valence-corrected chi connectivity index (χ3v) is 4.09. The van der Waals surface area contributed by atoms with E-state index >= 15 is 0 Å². The highest BCUT2D eigenvalue weighted by Gasteiger charge is 2.20. The summed E-state index contributed by atoms with van der Waals surface area (Å²) in [5.74, 6) is 0.121. The molecule has 0 amide bonds. The number of rotatable bonds is 5. The molecular formula is C20H20ClN3O3. The lowest BCUT2D eigenvalue weighted by Gasteiger charge is -2.17. The Morgan fingerprint density at radius 3 is 2.70 bits per heavy atom. The number of benzene rings is 1. The molecule has 0 radical (unpaired) electrons. The fourth-order valence-corrected chi connectivity index (χ4v) is 2.82. The van der Waals surface area contributed by atoms with Crippen molar-refractivity contribution in [1.82, 2.24) is 9.97 Å². The predicted molar refractivity (Wildman–Crippen MR) is 106 cm³/mol. The molecule has 2 heterocycles. The Kier molecular flexibility index (Phi) is 5.46. The highest BCUT2D eigenvalue weighted by molar-refractivity contribution is 6.31. The average molecular weight is 386 g/mol. The van der Waals surface area contributed by atoms with Crippen molar-refractivity contribution in [3.8, 4) is 5.75 Å². The van der Waals surface area contributed by atoms with Gasteiger partial charge < -0.3 is 14.8 Å². The zero-order valence-electron chi connectivity index (χ0n) is 15.5. The molecule has 0 fully saturated rings. The molecule has 0 spiro atoms. The molecule has 0 unspecified atom stereocenters. The number of nitrogens with zero attached hydrogens (tertiary/aromatic N) is 2. The van der Waals surface area contributed by atoms with Crippen LogP contribution in [0.1, 0.15) is 29.9 Å². The monoisotopic (exact) mass is 385 g/mol. The van der Waals surface area contributed by atoms with Crippen molar-refractivity contribution in [2.24, 2.45) is 0 Å². The summed E-state index contributed by atoms with van der Waals surface area (Å²) in [6.45, 7) is 5.48. The van der Waals surface area contributed by atoms with Crippen LogP contribution in [0.3, 0.4) is 0 Å². The fraction of sp³-hybridized carbons (Fsp3) is 0.250. The molecule has 0 bridgehead atoms. The number of ether oxygens (including phenoxy) is 2. The summed E-state index contributed by atoms with van der Waals surface area (Å²) in [5, 5.41) is 4.49. The number of hydrogen-bond acceptors (Lipinski definition) is 6. The second-order valence-corrected chi connectivity index (χ2v) is 6.73. The van der Waals surface area contributed by atoms with E-state index in [1.54, 1.807) is 39.2 Å². The lowest BCUT2D eigenvalue weighted by atomic mass is 10.1. The summed E-state index contributed by atoms with van der Waals surface area (Å²) < 4.78 is 10.8. The maximum atomic E-state index is 12.6. The van der Waals surface area contributed by atoms with Crippen molar-refractivity contribution in [2.75, 3.05) is 12.4 Å². The van der Waals surface area contributed by atoms with E-state index in [4.69, 9.17) is 21.1 Å². The van der Waals surface area contributed by atoms with Gasteiger partial charge in [-0.05, 0) is 51.1 Å².